The summed E-state index contributed by atoms with van der Waals surface area (Å²) in [6, 6.07) is 8.63. The Balaban J connectivity index is 0.00000176. The van der Waals surface area contributed by atoms with Gasteiger partial charge in [-0.1, -0.05) is 24.3 Å². The van der Waals surface area contributed by atoms with Crippen LogP contribution in [0.25, 0.3) is 0 Å². The molecule has 2 aromatic carbocycles. The Morgan fingerprint density at radius 1 is 0.864 bits per heavy atom. The summed E-state index contributed by atoms with van der Waals surface area (Å²) in [5.41, 5.74) is 0.185. The number of hydrogen-bond acceptors (Lipinski definition) is 6. The average molecular weight is 328 g/mol. The van der Waals surface area contributed by atoms with Crippen LogP contribution >= 0.6 is 0 Å². The predicted molar refractivity (Wildman–Crippen MR) is 79.5 cm³/mol. The van der Waals surface area contributed by atoms with E-state index in [2.05, 4.69) is 4.18 Å². The molecule has 0 heterocycles. The summed E-state index contributed by atoms with van der Waals surface area (Å²) >= 11 is 0. The molecule has 0 aromatic heterocycles. The molecule has 0 saturated heterocycles. The maximum atomic E-state index is 12.4. The second kappa shape index (κ2) is 6.21. The van der Waals surface area contributed by atoms with Crippen molar-refractivity contribution in [2.24, 2.45) is 0 Å². The fourth-order valence-electron chi connectivity index (χ4n) is 2.30. The molecule has 1 aliphatic carbocycles. The van der Waals surface area contributed by atoms with Crippen LogP contribution in [0.4, 0.5) is 0 Å². The average Bonchev–Trinajstić information content (AvgIpc) is 2.46. The van der Waals surface area contributed by atoms with Gasteiger partial charge in [-0.05, 0) is 12.1 Å². The number of carbonyl (C=O) groups is 2. The number of fused-ring (bicyclic) bond motifs is 2. The summed E-state index contributed by atoms with van der Waals surface area (Å²) in [6.07, 6.45) is 0. The van der Waals surface area contributed by atoms with Crippen molar-refractivity contribution in [2.75, 3.05) is 0 Å². The van der Waals surface area contributed by atoms with Gasteiger partial charge in [-0.15, -0.1) is 0 Å². The van der Waals surface area contributed by atoms with Gasteiger partial charge in [0.15, 0.2) is 23.1 Å². The molecule has 1 aliphatic rings. The molecular weight excluding hydrogens is 319 g/mol. The van der Waals surface area contributed by atoms with Crippen molar-refractivity contribution in [1.29, 1.82) is 0 Å². The van der Waals surface area contributed by atoms with Gasteiger partial charge in [0.25, 0.3) is 11.0 Å². The van der Waals surface area contributed by atoms with Crippen molar-refractivity contribution >= 4 is 52.1 Å². The molecule has 3 rings (SSSR count). The van der Waals surface area contributed by atoms with Crippen molar-refractivity contribution in [2.45, 2.75) is 0 Å². The first kappa shape index (κ1) is 16.7. The van der Waals surface area contributed by atoms with E-state index in [-0.39, 0.29) is 57.6 Å². The molecule has 0 unspecified atom stereocenters. The van der Waals surface area contributed by atoms with Crippen LogP contribution in [0.15, 0.2) is 36.4 Å². The standard InChI is InChI=1S/C14H8O6S.Na.H/c15-12-7-3-1-2-4-8(7)13(16)11-9(12)5-6-10(14(11)17)20-21(18)19;;/h1-6,17,21H;;. The zero-order chi connectivity index (χ0) is 15.1. The number of phenols is 1. The molecule has 0 saturated carbocycles. The molecule has 0 atom stereocenters. The van der Waals surface area contributed by atoms with Crippen LogP contribution < -0.4 is 4.18 Å². The number of carbonyl (C=O) groups excluding carboxylic acids is 2. The number of phenolic OH excluding ortho intramolecular Hbond substituents is 1. The van der Waals surface area contributed by atoms with Crippen molar-refractivity contribution < 1.29 is 27.3 Å². The Hall–Kier alpha value is -1.67. The Morgan fingerprint density at radius 3 is 2.05 bits per heavy atom. The van der Waals surface area contributed by atoms with Crippen LogP contribution in [0.3, 0.4) is 0 Å². The van der Waals surface area contributed by atoms with E-state index in [4.69, 9.17) is 0 Å². The number of benzene rings is 2. The molecule has 0 spiro atoms. The summed E-state index contributed by atoms with van der Waals surface area (Å²) in [5, 5.41) is 10.0. The Labute approximate surface area is 149 Å². The monoisotopic (exact) mass is 328 g/mol. The molecule has 0 aliphatic heterocycles. The molecule has 0 bridgehead atoms. The van der Waals surface area contributed by atoms with Crippen LogP contribution in [0.1, 0.15) is 31.8 Å². The normalized spacial score (nSPS) is 12.4. The van der Waals surface area contributed by atoms with Gasteiger partial charge in [-0.3, -0.25) is 9.59 Å². The number of aromatic hydroxyl groups is 1. The first-order valence-electron chi connectivity index (χ1n) is 5.87. The van der Waals surface area contributed by atoms with E-state index in [1.54, 1.807) is 12.1 Å². The van der Waals surface area contributed by atoms with Crippen molar-refractivity contribution in [3.8, 4) is 11.5 Å². The minimum atomic E-state index is -3.24. The van der Waals surface area contributed by atoms with Crippen molar-refractivity contribution in [3.63, 3.8) is 0 Å². The molecule has 22 heavy (non-hydrogen) atoms. The Bertz CT molecular complexity index is 864. The minimum absolute atomic E-state index is 0. The molecule has 6 nitrogen and oxygen atoms in total. The zero-order valence-electron chi connectivity index (χ0n) is 10.4. The number of ketones is 2. The Morgan fingerprint density at radius 2 is 1.45 bits per heavy atom. The molecule has 0 fully saturated rings. The van der Waals surface area contributed by atoms with Crippen LogP contribution in [-0.2, 0) is 11.0 Å². The van der Waals surface area contributed by atoms with Gasteiger partial charge in [-0.2, -0.15) is 8.42 Å². The molecule has 0 amide bonds. The quantitative estimate of drug-likeness (QED) is 0.523. The van der Waals surface area contributed by atoms with E-state index in [0.717, 1.165) is 6.07 Å². The summed E-state index contributed by atoms with van der Waals surface area (Å²) < 4.78 is 25.6. The summed E-state index contributed by atoms with van der Waals surface area (Å²) in [7, 11) is -3.24. The first-order chi connectivity index (χ1) is 10.0. The molecule has 8 heteroatoms. The predicted octanol–water partition coefficient (Wildman–Crippen LogP) is 0.424. The molecule has 108 valence electrons. The SMILES string of the molecule is O=C1c2ccccc2C(=O)c2c1ccc(O[SH](=O)=O)c2O.[NaH]. The summed E-state index contributed by atoms with van der Waals surface area (Å²) in [6.45, 7) is 0. The van der Waals surface area contributed by atoms with Crippen molar-refractivity contribution in [1.82, 2.24) is 0 Å². The van der Waals surface area contributed by atoms with E-state index in [1.165, 1.54) is 18.2 Å². The first-order valence-corrected chi connectivity index (χ1v) is 6.97. The van der Waals surface area contributed by atoms with Gasteiger partial charge < -0.3 is 9.29 Å². The van der Waals surface area contributed by atoms with Gasteiger partial charge in [0.05, 0.1) is 5.56 Å². The van der Waals surface area contributed by atoms with Crippen LogP contribution in [-0.4, -0.2) is 54.6 Å². The second-order valence-electron chi connectivity index (χ2n) is 4.35. The molecular formula is C14H9NaO6S. The summed E-state index contributed by atoms with van der Waals surface area (Å²) in [4.78, 5) is 24.7. The maximum absolute atomic E-state index is 12.4. The van der Waals surface area contributed by atoms with E-state index in [0.29, 0.717) is 0 Å². The fraction of sp³-hybridized carbons (Fsp3) is 0. The third-order valence-corrected chi connectivity index (χ3v) is 3.55. The van der Waals surface area contributed by atoms with Crippen LogP contribution in [0.5, 0.6) is 11.5 Å². The van der Waals surface area contributed by atoms with E-state index in [1.807, 2.05) is 0 Å². The zero-order valence-corrected chi connectivity index (χ0v) is 11.3. The van der Waals surface area contributed by atoms with Crippen LogP contribution in [0, 0.1) is 0 Å². The number of thiol groups is 1. The number of hydrogen-bond donors (Lipinski definition) is 2. The third kappa shape index (κ3) is 2.56. The topological polar surface area (TPSA) is 97.7 Å². The van der Waals surface area contributed by atoms with Gasteiger partial charge in [0.1, 0.15) is 0 Å². The van der Waals surface area contributed by atoms with E-state index in [9.17, 15) is 23.1 Å². The van der Waals surface area contributed by atoms with E-state index >= 15 is 0 Å². The van der Waals surface area contributed by atoms with Crippen LogP contribution in [0.2, 0.25) is 0 Å². The van der Waals surface area contributed by atoms with E-state index < -0.39 is 28.3 Å². The second-order valence-corrected chi connectivity index (χ2v) is 4.98. The third-order valence-electron chi connectivity index (χ3n) is 3.20. The van der Waals surface area contributed by atoms with Crippen molar-refractivity contribution in [3.05, 3.63) is 58.7 Å². The molecule has 2 aromatic rings. The van der Waals surface area contributed by atoms with Gasteiger partial charge in [-0.25, -0.2) is 0 Å². The van der Waals surface area contributed by atoms with Gasteiger partial charge in [0.2, 0.25) is 0 Å². The van der Waals surface area contributed by atoms with Gasteiger partial charge in [0, 0.05) is 16.7 Å². The molecule has 0 radical (unpaired) electrons. The Kier molecular flexibility index (Phi) is 4.72. The molecule has 1 N–H and O–H groups in total. The number of rotatable bonds is 2. The van der Waals surface area contributed by atoms with Gasteiger partial charge >= 0.3 is 29.6 Å². The fourth-order valence-corrected chi connectivity index (χ4v) is 2.61. The summed E-state index contributed by atoms with van der Waals surface area (Å²) in [5.74, 6) is -2.00.